The van der Waals surface area contributed by atoms with Crippen molar-refractivity contribution in [2.24, 2.45) is 23.2 Å². The van der Waals surface area contributed by atoms with Crippen LogP contribution in [0.4, 0.5) is 5.00 Å². The van der Waals surface area contributed by atoms with E-state index in [4.69, 9.17) is 4.74 Å². The van der Waals surface area contributed by atoms with Crippen molar-refractivity contribution in [2.45, 2.75) is 58.5 Å². The lowest BCUT2D eigenvalue weighted by Crippen LogP contribution is -2.52. The fraction of sp³-hybridized carbons (Fsp3) is 0.737. The fourth-order valence-electron chi connectivity index (χ4n) is 5.90. The van der Waals surface area contributed by atoms with E-state index in [2.05, 4.69) is 9.69 Å². The summed E-state index contributed by atoms with van der Waals surface area (Å²) < 4.78 is 9.82. The quantitative estimate of drug-likeness (QED) is 0.807. The Kier molecular flexibility index (Phi) is 4.13. The van der Waals surface area contributed by atoms with Crippen LogP contribution in [-0.2, 0) is 9.53 Å². The van der Waals surface area contributed by atoms with E-state index >= 15 is 0 Å². The molecule has 136 valence electrons. The predicted molar refractivity (Wildman–Crippen MR) is 96.9 cm³/mol. The van der Waals surface area contributed by atoms with Crippen LogP contribution in [0.3, 0.4) is 0 Å². The zero-order valence-electron chi connectivity index (χ0n) is 15.1. The van der Waals surface area contributed by atoms with Crippen molar-refractivity contribution >= 4 is 28.3 Å². The van der Waals surface area contributed by atoms with Gasteiger partial charge in [-0.05, 0) is 81.7 Å². The summed E-state index contributed by atoms with van der Waals surface area (Å²) in [7, 11) is 1.76. The van der Waals surface area contributed by atoms with Crippen LogP contribution < -0.4 is 5.32 Å². The lowest BCUT2D eigenvalue weighted by molar-refractivity contribution is -0.152. The molecule has 1 unspecified atom stereocenters. The van der Waals surface area contributed by atoms with E-state index < -0.39 is 12.1 Å². The molecule has 5 rings (SSSR count). The van der Waals surface area contributed by atoms with E-state index in [0.29, 0.717) is 34.0 Å². The summed E-state index contributed by atoms with van der Waals surface area (Å²) in [6.07, 6.45) is 6.21. The van der Waals surface area contributed by atoms with E-state index in [0.717, 1.165) is 19.3 Å². The summed E-state index contributed by atoms with van der Waals surface area (Å²) in [4.78, 5) is 25.8. The van der Waals surface area contributed by atoms with Gasteiger partial charge in [0.2, 0.25) is 0 Å². The summed E-state index contributed by atoms with van der Waals surface area (Å²) in [5.41, 5.74) is 0.869. The van der Waals surface area contributed by atoms with E-state index in [9.17, 15) is 9.59 Å². The molecule has 0 spiro atoms. The number of Topliss-reactive ketones (excluding diaryl/α,β-unsaturated/α-hetero) is 1. The first-order chi connectivity index (χ1) is 11.9. The van der Waals surface area contributed by atoms with Crippen molar-refractivity contribution in [3.63, 3.8) is 0 Å². The highest BCUT2D eigenvalue weighted by Crippen LogP contribution is 2.60. The Morgan fingerprint density at radius 3 is 2.28 bits per heavy atom. The first-order valence-electron chi connectivity index (χ1n) is 9.31. The molecule has 5 nitrogen and oxygen atoms in total. The summed E-state index contributed by atoms with van der Waals surface area (Å²) in [6, 6.07) is 0. The average molecular weight is 362 g/mol. The van der Waals surface area contributed by atoms with Gasteiger partial charge in [0, 0.05) is 12.5 Å². The van der Waals surface area contributed by atoms with E-state index in [1.54, 1.807) is 20.9 Å². The van der Waals surface area contributed by atoms with Crippen LogP contribution in [0.5, 0.6) is 0 Å². The minimum atomic E-state index is -0.687. The van der Waals surface area contributed by atoms with Crippen LogP contribution in [0.2, 0.25) is 0 Å². The van der Waals surface area contributed by atoms with E-state index in [1.165, 1.54) is 30.8 Å². The minimum absolute atomic E-state index is 0.145. The van der Waals surface area contributed by atoms with Gasteiger partial charge in [-0.2, -0.15) is 4.37 Å². The number of carbonyl (C=O) groups is 2. The number of ether oxygens (including phenoxy) is 1. The molecule has 1 N–H and O–H groups in total. The number of hydrogen-bond donors (Lipinski definition) is 1. The van der Waals surface area contributed by atoms with Crippen LogP contribution >= 0.6 is 11.5 Å². The van der Waals surface area contributed by atoms with Crippen molar-refractivity contribution in [3.05, 3.63) is 11.3 Å². The molecule has 0 radical (unpaired) electrons. The Bertz CT molecular complexity index is 676. The Morgan fingerprint density at radius 1 is 1.20 bits per heavy atom. The van der Waals surface area contributed by atoms with Gasteiger partial charge in [-0.25, -0.2) is 4.79 Å². The maximum atomic E-state index is 13.2. The van der Waals surface area contributed by atoms with Gasteiger partial charge in [-0.1, -0.05) is 0 Å². The van der Waals surface area contributed by atoms with Crippen LogP contribution in [0, 0.1) is 30.1 Å². The van der Waals surface area contributed by atoms with Crippen molar-refractivity contribution in [2.75, 3.05) is 12.4 Å². The largest absolute Gasteiger partial charge is 0.451 e. The Labute approximate surface area is 152 Å². The van der Waals surface area contributed by atoms with Crippen molar-refractivity contribution in [1.82, 2.24) is 4.37 Å². The maximum Gasteiger partial charge on any atom is 0.343 e. The molecule has 1 atom stereocenters. The highest BCUT2D eigenvalue weighted by molar-refractivity contribution is 7.10. The molecule has 0 aromatic carbocycles. The first-order valence-corrected chi connectivity index (χ1v) is 10.1. The van der Waals surface area contributed by atoms with Crippen LogP contribution in [0.1, 0.15) is 61.5 Å². The normalized spacial score (nSPS) is 34.0. The van der Waals surface area contributed by atoms with Gasteiger partial charge < -0.3 is 10.1 Å². The zero-order valence-corrected chi connectivity index (χ0v) is 15.9. The maximum absolute atomic E-state index is 13.2. The lowest BCUT2D eigenvalue weighted by atomic mass is 9.48. The fourth-order valence-corrected chi connectivity index (χ4v) is 6.63. The molecule has 0 amide bonds. The molecular formula is C19H26N2O3S. The Morgan fingerprint density at radius 2 is 1.76 bits per heavy atom. The number of nitrogens with one attached hydrogen (secondary N) is 1. The van der Waals surface area contributed by atoms with Crippen LogP contribution in [-0.4, -0.2) is 29.3 Å². The number of aromatic nitrogens is 1. The third-order valence-corrected chi connectivity index (χ3v) is 7.46. The average Bonchev–Trinajstić information content (AvgIpc) is 2.93. The van der Waals surface area contributed by atoms with E-state index in [1.807, 2.05) is 0 Å². The third-order valence-electron chi connectivity index (χ3n) is 6.51. The molecular weight excluding hydrogens is 336 g/mol. The second-order valence-electron chi connectivity index (χ2n) is 8.33. The molecule has 4 aliphatic carbocycles. The molecule has 4 bridgehead atoms. The first kappa shape index (κ1) is 17.0. The third kappa shape index (κ3) is 2.78. The van der Waals surface area contributed by atoms with E-state index in [-0.39, 0.29) is 11.2 Å². The lowest BCUT2D eigenvalue weighted by Gasteiger charge is -2.56. The summed E-state index contributed by atoms with van der Waals surface area (Å²) >= 11 is 1.24. The standard InChI is InChI=1S/C19H26N2O3S/c1-10-15(17(20-3)25-21-10)18(23)24-11(2)16(22)19-7-12-4-13(8-19)6-14(5-12)9-19/h11-14,20H,4-9H2,1-3H3. The molecule has 4 aliphatic rings. The number of nitrogens with zero attached hydrogens (tertiary/aromatic N) is 1. The number of hydrogen-bond acceptors (Lipinski definition) is 6. The molecule has 0 aliphatic heterocycles. The number of aryl methyl sites for hydroxylation is 1. The molecule has 1 aromatic heterocycles. The summed E-state index contributed by atoms with van der Waals surface area (Å²) in [5.74, 6) is 1.82. The van der Waals surface area contributed by atoms with Crippen molar-refractivity contribution < 1.29 is 14.3 Å². The van der Waals surface area contributed by atoms with Gasteiger partial charge in [0.25, 0.3) is 0 Å². The van der Waals surface area contributed by atoms with Gasteiger partial charge in [-0.15, -0.1) is 0 Å². The van der Waals surface area contributed by atoms with Gasteiger partial charge in [-0.3, -0.25) is 4.79 Å². The number of anilines is 1. The molecule has 0 saturated heterocycles. The molecule has 1 aromatic rings. The molecule has 4 fully saturated rings. The SMILES string of the molecule is CNc1snc(C)c1C(=O)OC(C)C(=O)C12CC3CC(CC(C3)C1)C2. The number of rotatable bonds is 5. The molecule has 1 heterocycles. The van der Waals surface area contributed by atoms with Crippen molar-refractivity contribution in [1.29, 1.82) is 0 Å². The highest BCUT2D eigenvalue weighted by Gasteiger charge is 2.55. The number of ketones is 1. The number of esters is 1. The van der Waals surface area contributed by atoms with Gasteiger partial charge in [0.1, 0.15) is 10.6 Å². The van der Waals surface area contributed by atoms with Gasteiger partial charge in [0.15, 0.2) is 11.9 Å². The minimum Gasteiger partial charge on any atom is -0.451 e. The topological polar surface area (TPSA) is 68.3 Å². The van der Waals surface area contributed by atoms with Gasteiger partial charge in [0.05, 0.1) is 5.69 Å². The second kappa shape index (κ2) is 6.08. The Hall–Kier alpha value is -1.43. The zero-order chi connectivity index (χ0) is 17.8. The summed E-state index contributed by atoms with van der Waals surface area (Å²) in [6.45, 7) is 3.53. The molecule has 6 heteroatoms. The Balaban J connectivity index is 1.49. The monoisotopic (exact) mass is 362 g/mol. The van der Waals surface area contributed by atoms with Crippen molar-refractivity contribution in [3.8, 4) is 0 Å². The predicted octanol–water partition coefficient (Wildman–Crippen LogP) is 3.82. The second-order valence-corrected chi connectivity index (χ2v) is 9.11. The highest BCUT2D eigenvalue weighted by atomic mass is 32.1. The molecule has 4 saturated carbocycles. The smallest absolute Gasteiger partial charge is 0.343 e. The number of carbonyl (C=O) groups excluding carboxylic acids is 2. The van der Waals surface area contributed by atoms with Gasteiger partial charge >= 0.3 is 5.97 Å². The summed E-state index contributed by atoms with van der Waals surface area (Å²) in [5, 5.41) is 3.67. The van der Waals surface area contributed by atoms with Crippen LogP contribution in [0.15, 0.2) is 0 Å². The van der Waals surface area contributed by atoms with Crippen LogP contribution in [0.25, 0.3) is 0 Å². The molecule has 25 heavy (non-hydrogen) atoms.